The zero-order valence-corrected chi connectivity index (χ0v) is 14.5. The Labute approximate surface area is 144 Å². The lowest BCUT2D eigenvalue weighted by Crippen LogP contribution is -2.40. The third-order valence-electron chi connectivity index (χ3n) is 2.89. The number of hydrogen-bond acceptors (Lipinski definition) is 8. The van der Waals surface area contributed by atoms with E-state index < -0.39 is 50.6 Å². The van der Waals surface area contributed by atoms with E-state index in [1.807, 2.05) is 0 Å². The van der Waals surface area contributed by atoms with Gasteiger partial charge in [0.2, 0.25) is 10.0 Å². The Morgan fingerprint density at radius 3 is 2.08 bits per heavy atom. The maximum atomic E-state index is 12.7. The highest BCUT2D eigenvalue weighted by Gasteiger charge is 2.30. The van der Waals surface area contributed by atoms with Crippen molar-refractivity contribution >= 4 is 27.6 Å². The second kappa shape index (κ2) is 9.08. The first kappa shape index (κ1) is 20.5. The van der Waals surface area contributed by atoms with Crippen molar-refractivity contribution in [3.05, 3.63) is 34.4 Å². The number of rotatable bonds is 9. The highest BCUT2D eigenvalue weighted by atomic mass is 32.2. The monoisotopic (exact) mass is 374 g/mol. The quantitative estimate of drug-likeness (QED) is 0.350. The molecule has 0 heterocycles. The molecule has 1 aromatic carbocycles. The highest BCUT2D eigenvalue weighted by molar-refractivity contribution is 7.89. The molecule has 0 atom stereocenters. The maximum Gasteiger partial charge on any atom is 0.321 e. The number of hydrogen-bond donors (Lipinski definition) is 0. The SMILES string of the molecule is CCOC(=O)CN(CC(=O)OCC)S(=O)(=O)c1cccc([N+](=O)[O-])c1. The van der Waals surface area contributed by atoms with E-state index >= 15 is 0 Å². The lowest BCUT2D eigenvalue weighted by Gasteiger charge is -2.20. The van der Waals surface area contributed by atoms with Crippen molar-refractivity contribution in [2.24, 2.45) is 0 Å². The number of nitro benzene ring substituents is 1. The second-order valence-corrected chi connectivity index (χ2v) is 6.58. The predicted octanol–water partition coefficient (Wildman–Crippen LogP) is 0.712. The van der Waals surface area contributed by atoms with Crippen LogP contribution in [-0.2, 0) is 29.1 Å². The van der Waals surface area contributed by atoms with Gasteiger partial charge in [0.1, 0.15) is 13.1 Å². The number of nitrogens with zero attached hydrogens (tertiary/aromatic N) is 2. The van der Waals surface area contributed by atoms with Crippen LogP contribution in [0.4, 0.5) is 5.69 Å². The first-order valence-corrected chi connectivity index (χ1v) is 8.72. The molecule has 1 rings (SSSR count). The van der Waals surface area contributed by atoms with Crippen LogP contribution >= 0.6 is 0 Å². The molecule has 138 valence electrons. The van der Waals surface area contributed by atoms with Crippen LogP contribution in [0.25, 0.3) is 0 Å². The van der Waals surface area contributed by atoms with E-state index in [-0.39, 0.29) is 13.2 Å². The molecule has 1 aromatic rings. The van der Waals surface area contributed by atoms with Crippen LogP contribution in [0, 0.1) is 10.1 Å². The summed E-state index contributed by atoms with van der Waals surface area (Å²) in [4.78, 5) is 33.0. The van der Waals surface area contributed by atoms with Crippen LogP contribution in [0.1, 0.15) is 13.8 Å². The lowest BCUT2D eigenvalue weighted by molar-refractivity contribution is -0.385. The van der Waals surface area contributed by atoms with Crippen LogP contribution in [0.5, 0.6) is 0 Å². The Morgan fingerprint density at radius 2 is 1.64 bits per heavy atom. The Bertz CT molecular complexity index is 727. The van der Waals surface area contributed by atoms with Gasteiger partial charge in [-0.3, -0.25) is 19.7 Å². The molecular weight excluding hydrogens is 356 g/mol. The van der Waals surface area contributed by atoms with Crippen LogP contribution in [0.2, 0.25) is 0 Å². The summed E-state index contributed by atoms with van der Waals surface area (Å²) in [6.07, 6.45) is 0. The summed E-state index contributed by atoms with van der Waals surface area (Å²) in [5.74, 6) is -1.72. The smallest absolute Gasteiger partial charge is 0.321 e. The summed E-state index contributed by atoms with van der Waals surface area (Å²) in [5, 5.41) is 10.8. The fraction of sp³-hybridized carbons (Fsp3) is 0.429. The Hall–Kier alpha value is -2.53. The van der Waals surface area contributed by atoms with Gasteiger partial charge in [-0.15, -0.1) is 0 Å². The molecule has 10 nitrogen and oxygen atoms in total. The largest absolute Gasteiger partial charge is 0.465 e. The van der Waals surface area contributed by atoms with Crippen molar-refractivity contribution in [3.63, 3.8) is 0 Å². The third-order valence-corrected chi connectivity index (χ3v) is 4.68. The van der Waals surface area contributed by atoms with E-state index in [1.54, 1.807) is 13.8 Å². The Morgan fingerprint density at radius 1 is 1.12 bits per heavy atom. The van der Waals surface area contributed by atoms with Crippen molar-refractivity contribution in [2.45, 2.75) is 18.7 Å². The number of carbonyl (C=O) groups excluding carboxylic acids is 2. The van der Waals surface area contributed by atoms with E-state index in [0.29, 0.717) is 4.31 Å². The number of non-ortho nitro benzene ring substituents is 1. The van der Waals surface area contributed by atoms with Crippen LogP contribution in [0.15, 0.2) is 29.2 Å². The molecule has 11 heteroatoms. The molecule has 0 aliphatic heterocycles. The van der Waals surface area contributed by atoms with E-state index in [0.717, 1.165) is 18.2 Å². The molecule has 0 fully saturated rings. The fourth-order valence-electron chi connectivity index (χ4n) is 1.83. The van der Waals surface area contributed by atoms with Gasteiger partial charge in [0.15, 0.2) is 0 Å². The minimum Gasteiger partial charge on any atom is -0.465 e. The maximum absolute atomic E-state index is 12.7. The highest BCUT2D eigenvalue weighted by Crippen LogP contribution is 2.21. The van der Waals surface area contributed by atoms with E-state index in [1.165, 1.54) is 6.07 Å². The molecule has 0 N–H and O–H groups in total. The average molecular weight is 374 g/mol. The number of carbonyl (C=O) groups is 2. The van der Waals surface area contributed by atoms with Gasteiger partial charge in [0, 0.05) is 12.1 Å². The number of esters is 2. The topological polar surface area (TPSA) is 133 Å². The van der Waals surface area contributed by atoms with E-state index in [4.69, 9.17) is 9.47 Å². The number of nitro groups is 1. The fourth-order valence-corrected chi connectivity index (χ4v) is 3.20. The molecule has 0 saturated carbocycles. The molecule has 0 bridgehead atoms. The van der Waals surface area contributed by atoms with Gasteiger partial charge >= 0.3 is 11.9 Å². The van der Waals surface area contributed by atoms with Crippen molar-refractivity contribution in [3.8, 4) is 0 Å². The van der Waals surface area contributed by atoms with Crippen molar-refractivity contribution < 1.29 is 32.4 Å². The molecule has 0 amide bonds. The summed E-state index contributed by atoms with van der Waals surface area (Å²) in [5.41, 5.74) is -0.437. The second-order valence-electron chi connectivity index (χ2n) is 4.64. The van der Waals surface area contributed by atoms with Gasteiger partial charge < -0.3 is 9.47 Å². The molecule has 0 radical (unpaired) electrons. The van der Waals surface area contributed by atoms with Gasteiger partial charge in [-0.05, 0) is 19.9 Å². The lowest BCUT2D eigenvalue weighted by atomic mass is 10.3. The molecule has 0 aliphatic rings. The number of sulfonamides is 1. The van der Waals surface area contributed by atoms with Gasteiger partial charge in [-0.25, -0.2) is 8.42 Å². The molecule has 0 aromatic heterocycles. The molecule has 0 unspecified atom stereocenters. The summed E-state index contributed by atoms with van der Waals surface area (Å²) in [7, 11) is -4.36. The summed E-state index contributed by atoms with van der Waals surface area (Å²) in [6, 6.07) is 4.29. The summed E-state index contributed by atoms with van der Waals surface area (Å²) < 4.78 is 35.3. The van der Waals surface area contributed by atoms with Gasteiger partial charge in [0.25, 0.3) is 5.69 Å². The van der Waals surface area contributed by atoms with Crippen LogP contribution in [-0.4, -0.2) is 55.9 Å². The predicted molar refractivity (Wildman–Crippen MR) is 85.1 cm³/mol. The molecule has 25 heavy (non-hydrogen) atoms. The average Bonchev–Trinajstić information content (AvgIpc) is 2.54. The van der Waals surface area contributed by atoms with Gasteiger partial charge in [-0.2, -0.15) is 4.31 Å². The van der Waals surface area contributed by atoms with E-state index in [2.05, 4.69) is 0 Å². The third kappa shape index (κ3) is 5.80. The number of ether oxygens (including phenoxy) is 2. The van der Waals surface area contributed by atoms with Gasteiger partial charge in [0.05, 0.1) is 23.0 Å². The van der Waals surface area contributed by atoms with Crippen molar-refractivity contribution in [2.75, 3.05) is 26.3 Å². The van der Waals surface area contributed by atoms with Gasteiger partial charge in [-0.1, -0.05) is 6.07 Å². The first-order valence-electron chi connectivity index (χ1n) is 7.28. The van der Waals surface area contributed by atoms with Crippen LogP contribution < -0.4 is 0 Å². The van der Waals surface area contributed by atoms with Crippen LogP contribution in [0.3, 0.4) is 0 Å². The van der Waals surface area contributed by atoms with E-state index in [9.17, 15) is 28.1 Å². The summed E-state index contributed by atoms with van der Waals surface area (Å²) >= 11 is 0. The standard InChI is InChI=1S/C14H18N2O8S/c1-3-23-13(17)9-15(10-14(18)24-4-2)25(21,22)12-7-5-6-11(8-12)16(19)20/h5-8H,3-4,9-10H2,1-2H3. The minimum atomic E-state index is -4.36. The normalized spacial score (nSPS) is 11.2. The zero-order valence-electron chi connectivity index (χ0n) is 13.7. The Balaban J connectivity index is 3.20. The first-order chi connectivity index (χ1) is 11.7. The number of benzene rings is 1. The zero-order chi connectivity index (χ0) is 19.0. The van der Waals surface area contributed by atoms with Crippen molar-refractivity contribution in [1.82, 2.24) is 4.31 Å². The molecule has 0 saturated heterocycles. The Kier molecular flexibility index (Phi) is 7.45. The van der Waals surface area contributed by atoms with Crippen molar-refractivity contribution in [1.29, 1.82) is 0 Å². The molecular formula is C14H18N2O8S. The minimum absolute atomic E-state index is 0.0307. The summed E-state index contributed by atoms with van der Waals surface area (Å²) in [6.45, 7) is 1.70. The molecule has 0 spiro atoms. The molecule has 0 aliphatic carbocycles.